The highest BCUT2D eigenvalue weighted by Gasteiger charge is 2.18. The highest BCUT2D eigenvalue weighted by molar-refractivity contribution is 5.92. The molecule has 0 bridgehead atoms. The van der Waals surface area contributed by atoms with Gasteiger partial charge in [-0.2, -0.15) is 0 Å². The predicted molar refractivity (Wildman–Crippen MR) is 114 cm³/mol. The van der Waals surface area contributed by atoms with Gasteiger partial charge in [0.25, 0.3) is 5.91 Å². The number of amides is 1. The van der Waals surface area contributed by atoms with Crippen LogP contribution < -0.4 is 15.5 Å². The highest BCUT2D eigenvalue weighted by Crippen LogP contribution is 2.25. The Morgan fingerprint density at radius 3 is 2.29 bits per heavy atom. The summed E-state index contributed by atoms with van der Waals surface area (Å²) >= 11 is 0. The standard InChI is InChI=1S/C23H30N4O/c1-17-12-14-27(15-13-17)21-9-6-19(7-10-21)25-20-8-11-22(24-16-20)23(28)26-18-4-2-3-5-18/h6-11,16-18,25H,2-5,12-15H2,1H3,(H,26,28). The maximum absolute atomic E-state index is 12.3. The fraction of sp³-hybridized carbons (Fsp3) is 0.478. The van der Waals surface area contributed by atoms with Gasteiger partial charge in [0.1, 0.15) is 5.69 Å². The molecular weight excluding hydrogens is 348 g/mol. The molecule has 5 nitrogen and oxygen atoms in total. The van der Waals surface area contributed by atoms with Crippen molar-refractivity contribution in [3.05, 3.63) is 48.3 Å². The van der Waals surface area contributed by atoms with Gasteiger partial charge in [0.2, 0.25) is 0 Å². The Labute approximate surface area is 167 Å². The molecule has 2 aromatic rings. The van der Waals surface area contributed by atoms with E-state index in [2.05, 4.69) is 51.7 Å². The smallest absolute Gasteiger partial charge is 0.270 e. The van der Waals surface area contributed by atoms with Crippen LogP contribution in [0.3, 0.4) is 0 Å². The average Bonchev–Trinajstić information content (AvgIpc) is 3.23. The van der Waals surface area contributed by atoms with Gasteiger partial charge < -0.3 is 15.5 Å². The van der Waals surface area contributed by atoms with Crippen molar-refractivity contribution in [2.45, 2.75) is 51.5 Å². The van der Waals surface area contributed by atoms with Gasteiger partial charge in [-0.3, -0.25) is 4.79 Å². The summed E-state index contributed by atoms with van der Waals surface area (Å²) in [5.41, 5.74) is 3.68. The van der Waals surface area contributed by atoms with E-state index in [-0.39, 0.29) is 5.91 Å². The Morgan fingerprint density at radius 1 is 0.964 bits per heavy atom. The van der Waals surface area contributed by atoms with E-state index >= 15 is 0 Å². The van der Waals surface area contributed by atoms with E-state index in [0.29, 0.717) is 11.7 Å². The molecule has 148 valence electrons. The van der Waals surface area contributed by atoms with Gasteiger partial charge in [-0.1, -0.05) is 19.8 Å². The Kier molecular flexibility index (Phi) is 5.79. The fourth-order valence-electron chi connectivity index (χ4n) is 4.12. The number of piperidine rings is 1. The number of pyridine rings is 1. The lowest BCUT2D eigenvalue weighted by molar-refractivity contribution is 0.0933. The van der Waals surface area contributed by atoms with Crippen LogP contribution in [0.15, 0.2) is 42.6 Å². The topological polar surface area (TPSA) is 57.3 Å². The summed E-state index contributed by atoms with van der Waals surface area (Å²) in [7, 11) is 0. The molecule has 1 amide bonds. The van der Waals surface area contributed by atoms with Crippen LogP contribution in [0.5, 0.6) is 0 Å². The van der Waals surface area contributed by atoms with E-state index in [1.54, 1.807) is 12.3 Å². The molecule has 1 aliphatic heterocycles. The summed E-state index contributed by atoms with van der Waals surface area (Å²) < 4.78 is 0. The molecule has 1 aromatic heterocycles. The second-order valence-corrected chi connectivity index (χ2v) is 8.23. The number of anilines is 3. The molecule has 28 heavy (non-hydrogen) atoms. The lowest BCUT2D eigenvalue weighted by atomic mass is 9.99. The average molecular weight is 379 g/mol. The Morgan fingerprint density at radius 2 is 1.64 bits per heavy atom. The zero-order valence-corrected chi connectivity index (χ0v) is 16.7. The van der Waals surface area contributed by atoms with Crippen LogP contribution in [0.4, 0.5) is 17.1 Å². The Bertz CT molecular complexity index is 773. The minimum atomic E-state index is -0.0707. The summed E-state index contributed by atoms with van der Waals surface area (Å²) in [6.07, 6.45) is 8.84. The number of carbonyl (C=O) groups is 1. The van der Waals surface area contributed by atoms with Crippen LogP contribution in [0.2, 0.25) is 0 Å². The quantitative estimate of drug-likeness (QED) is 0.789. The molecule has 1 saturated heterocycles. The third kappa shape index (κ3) is 4.64. The van der Waals surface area contributed by atoms with Crippen LogP contribution in [0.25, 0.3) is 0 Å². The van der Waals surface area contributed by atoms with E-state index in [4.69, 9.17) is 0 Å². The van der Waals surface area contributed by atoms with Crippen molar-refractivity contribution in [3.8, 4) is 0 Å². The molecule has 2 N–H and O–H groups in total. The van der Waals surface area contributed by atoms with Gasteiger partial charge in [-0.25, -0.2) is 4.98 Å². The number of hydrogen-bond acceptors (Lipinski definition) is 4. The lowest BCUT2D eigenvalue weighted by Gasteiger charge is -2.32. The molecule has 2 aliphatic rings. The van der Waals surface area contributed by atoms with Gasteiger partial charge in [0.15, 0.2) is 0 Å². The third-order valence-electron chi connectivity index (χ3n) is 5.99. The number of rotatable bonds is 5. The van der Waals surface area contributed by atoms with Crippen molar-refractivity contribution in [2.75, 3.05) is 23.3 Å². The van der Waals surface area contributed by atoms with E-state index < -0.39 is 0 Å². The molecule has 1 saturated carbocycles. The first-order valence-electron chi connectivity index (χ1n) is 10.6. The summed E-state index contributed by atoms with van der Waals surface area (Å²) in [6.45, 7) is 4.62. The summed E-state index contributed by atoms with van der Waals surface area (Å²) in [5.74, 6) is 0.770. The van der Waals surface area contributed by atoms with E-state index in [9.17, 15) is 4.79 Å². The first kappa shape index (κ1) is 18.8. The maximum Gasteiger partial charge on any atom is 0.270 e. The van der Waals surface area contributed by atoms with Crippen LogP contribution in [-0.2, 0) is 0 Å². The van der Waals surface area contributed by atoms with Gasteiger partial charge in [-0.15, -0.1) is 0 Å². The summed E-state index contributed by atoms with van der Waals surface area (Å²) in [4.78, 5) is 19.1. The monoisotopic (exact) mass is 378 g/mol. The number of aromatic nitrogens is 1. The molecule has 0 atom stereocenters. The van der Waals surface area contributed by atoms with E-state index in [1.807, 2.05) is 6.07 Å². The van der Waals surface area contributed by atoms with Crippen molar-refractivity contribution >= 4 is 23.0 Å². The molecule has 1 aliphatic carbocycles. The van der Waals surface area contributed by atoms with E-state index in [0.717, 1.165) is 43.2 Å². The first-order chi connectivity index (χ1) is 13.7. The van der Waals surface area contributed by atoms with Crippen LogP contribution in [0.1, 0.15) is 55.9 Å². The zero-order chi connectivity index (χ0) is 19.3. The SMILES string of the molecule is CC1CCN(c2ccc(Nc3ccc(C(=O)NC4CCCC4)nc3)cc2)CC1. The third-order valence-corrected chi connectivity index (χ3v) is 5.99. The number of hydrogen-bond donors (Lipinski definition) is 2. The number of carbonyl (C=O) groups excluding carboxylic acids is 1. The van der Waals surface area contributed by atoms with Gasteiger partial charge in [0.05, 0.1) is 11.9 Å². The molecular formula is C23H30N4O. The van der Waals surface area contributed by atoms with Crippen LogP contribution >= 0.6 is 0 Å². The Balaban J connectivity index is 1.33. The van der Waals surface area contributed by atoms with Crippen LogP contribution in [-0.4, -0.2) is 30.0 Å². The van der Waals surface area contributed by atoms with E-state index in [1.165, 1.54) is 31.4 Å². The van der Waals surface area contributed by atoms with Gasteiger partial charge >= 0.3 is 0 Å². The van der Waals surface area contributed by atoms with Crippen LogP contribution in [0, 0.1) is 5.92 Å². The Hall–Kier alpha value is -2.56. The molecule has 2 heterocycles. The molecule has 0 radical (unpaired) electrons. The predicted octanol–water partition coefficient (Wildman–Crippen LogP) is 4.73. The molecule has 0 spiro atoms. The van der Waals surface area contributed by atoms with Crippen molar-refractivity contribution in [1.82, 2.24) is 10.3 Å². The zero-order valence-electron chi connectivity index (χ0n) is 16.7. The molecule has 1 aromatic carbocycles. The molecule has 5 heteroatoms. The second kappa shape index (κ2) is 8.63. The molecule has 2 fully saturated rings. The molecule has 4 rings (SSSR count). The number of benzene rings is 1. The summed E-state index contributed by atoms with van der Waals surface area (Å²) in [5, 5.41) is 6.45. The fourth-order valence-corrected chi connectivity index (χ4v) is 4.12. The minimum Gasteiger partial charge on any atom is -0.372 e. The second-order valence-electron chi connectivity index (χ2n) is 8.23. The lowest BCUT2D eigenvalue weighted by Crippen LogP contribution is -2.33. The van der Waals surface area contributed by atoms with Crippen molar-refractivity contribution in [2.24, 2.45) is 5.92 Å². The van der Waals surface area contributed by atoms with Gasteiger partial charge in [0, 0.05) is 30.5 Å². The first-order valence-corrected chi connectivity index (χ1v) is 10.6. The van der Waals surface area contributed by atoms with Crippen molar-refractivity contribution < 1.29 is 4.79 Å². The number of nitrogens with one attached hydrogen (secondary N) is 2. The number of nitrogens with zero attached hydrogens (tertiary/aromatic N) is 2. The highest BCUT2D eigenvalue weighted by atomic mass is 16.1. The van der Waals surface area contributed by atoms with Crippen molar-refractivity contribution in [1.29, 1.82) is 0 Å². The maximum atomic E-state index is 12.3. The van der Waals surface area contributed by atoms with Gasteiger partial charge in [-0.05, 0) is 68.0 Å². The minimum absolute atomic E-state index is 0.0707. The summed E-state index contributed by atoms with van der Waals surface area (Å²) in [6, 6.07) is 12.6. The normalized spacial score (nSPS) is 18.2. The molecule has 0 unspecified atom stereocenters. The van der Waals surface area contributed by atoms with Crippen molar-refractivity contribution in [3.63, 3.8) is 0 Å². The largest absolute Gasteiger partial charge is 0.372 e.